The van der Waals surface area contributed by atoms with Crippen LogP contribution in [-0.4, -0.2) is 43.7 Å². The highest BCUT2D eigenvalue weighted by Crippen LogP contribution is 2.24. The number of rotatable bonds is 5. The summed E-state index contributed by atoms with van der Waals surface area (Å²) in [5.74, 6) is 1.10. The lowest BCUT2D eigenvalue weighted by atomic mass is 9.97. The molecule has 0 radical (unpaired) electrons. The molecule has 10 nitrogen and oxygen atoms in total. The van der Waals surface area contributed by atoms with Crippen LogP contribution in [0.2, 0.25) is 0 Å². The summed E-state index contributed by atoms with van der Waals surface area (Å²) in [7, 11) is 0. The molecule has 148 valence electrons. The summed E-state index contributed by atoms with van der Waals surface area (Å²) in [4.78, 5) is 33.6. The fourth-order valence-corrected chi connectivity index (χ4v) is 3.35. The molecule has 1 saturated heterocycles. The van der Waals surface area contributed by atoms with Gasteiger partial charge in [0, 0.05) is 49.4 Å². The van der Waals surface area contributed by atoms with E-state index in [9.17, 15) is 14.9 Å². The molecular weight excluding hydrogens is 374 g/mol. The van der Waals surface area contributed by atoms with E-state index in [2.05, 4.69) is 25.3 Å². The van der Waals surface area contributed by atoms with Gasteiger partial charge in [0.05, 0.1) is 10.8 Å². The zero-order valence-corrected chi connectivity index (χ0v) is 15.5. The zero-order valence-electron chi connectivity index (χ0n) is 15.5. The minimum Gasteiger partial charge on any atom is -0.356 e. The van der Waals surface area contributed by atoms with Crippen LogP contribution in [0.15, 0.2) is 55.1 Å². The second kappa shape index (κ2) is 8.05. The number of carbonyl (C=O) groups is 1. The molecule has 0 bridgehead atoms. The first-order valence-electron chi connectivity index (χ1n) is 9.22. The Kier molecular flexibility index (Phi) is 5.14. The van der Waals surface area contributed by atoms with Crippen molar-refractivity contribution in [1.29, 1.82) is 0 Å². The molecule has 1 atom stereocenters. The third kappa shape index (κ3) is 4.21. The van der Waals surface area contributed by atoms with Crippen molar-refractivity contribution >= 4 is 23.1 Å². The maximum atomic E-state index is 12.7. The molecule has 1 fully saturated rings. The molecule has 0 aliphatic carbocycles. The first kappa shape index (κ1) is 18.5. The number of aromatic nitrogens is 4. The summed E-state index contributed by atoms with van der Waals surface area (Å²) in [5, 5.41) is 17.8. The van der Waals surface area contributed by atoms with E-state index in [4.69, 9.17) is 0 Å². The number of nitro groups is 1. The van der Waals surface area contributed by atoms with E-state index < -0.39 is 4.92 Å². The number of nitrogens with one attached hydrogen (secondary N) is 1. The Labute approximate surface area is 166 Å². The highest BCUT2D eigenvalue weighted by molar-refractivity contribution is 5.93. The van der Waals surface area contributed by atoms with E-state index in [-0.39, 0.29) is 17.5 Å². The standard InChI is InChI=1S/C19H19N7O3/c27-19(23-15-4-6-16(7-5-15)26(28)29)14-3-1-9-24(12-14)17-11-18(21-13-20-17)25-10-2-8-22-25/h2,4-8,10-11,13-14H,1,3,9,12H2,(H,23,27). The number of carbonyl (C=O) groups excluding carboxylic acids is 1. The third-order valence-electron chi connectivity index (χ3n) is 4.84. The monoisotopic (exact) mass is 393 g/mol. The van der Waals surface area contributed by atoms with Gasteiger partial charge >= 0.3 is 0 Å². The van der Waals surface area contributed by atoms with Crippen molar-refractivity contribution in [3.05, 3.63) is 65.2 Å². The Morgan fingerprint density at radius 3 is 2.72 bits per heavy atom. The molecule has 1 amide bonds. The molecule has 0 saturated carbocycles. The van der Waals surface area contributed by atoms with Crippen molar-refractivity contribution in [1.82, 2.24) is 19.7 Å². The van der Waals surface area contributed by atoms with Crippen LogP contribution in [0.25, 0.3) is 5.82 Å². The second-order valence-corrected chi connectivity index (χ2v) is 6.76. The second-order valence-electron chi connectivity index (χ2n) is 6.76. The summed E-state index contributed by atoms with van der Waals surface area (Å²) in [6, 6.07) is 9.50. The number of amides is 1. The van der Waals surface area contributed by atoms with Crippen LogP contribution in [0.5, 0.6) is 0 Å². The smallest absolute Gasteiger partial charge is 0.269 e. The first-order chi connectivity index (χ1) is 14.1. The Morgan fingerprint density at radius 1 is 1.21 bits per heavy atom. The van der Waals surface area contributed by atoms with Crippen LogP contribution in [0.1, 0.15) is 12.8 Å². The third-order valence-corrected chi connectivity index (χ3v) is 4.84. The number of nitro benzene ring substituents is 1. The minimum atomic E-state index is -0.468. The first-order valence-corrected chi connectivity index (χ1v) is 9.22. The van der Waals surface area contributed by atoms with Crippen LogP contribution in [0.3, 0.4) is 0 Å². The van der Waals surface area contributed by atoms with Crippen LogP contribution in [0, 0.1) is 16.0 Å². The number of hydrogen-bond donors (Lipinski definition) is 1. The maximum Gasteiger partial charge on any atom is 0.269 e. The molecule has 3 heterocycles. The van der Waals surface area contributed by atoms with E-state index >= 15 is 0 Å². The van der Waals surface area contributed by atoms with E-state index in [0.29, 0.717) is 18.1 Å². The van der Waals surface area contributed by atoms with Gasteiger partial charge in [-0.05, 0) is 31.0 Å². The topological polar surface area (TPSA) is 119 Å². The molecule has 10 heteroatoms. The van der Waals surface area contributed by atoms with Gasteiger partial charge in [0.15, 0.2) is 5.82 Å². The molecule has 1 aliphatic rings. The molecule has 1 unspecified atom stereocenters. The van der Waals surface area contributed by atoms with Crippen molar-refractivity contribution in [3.8, 4) is 5.82 Å². The van der Waals surface area contributed by atoms with Gasteiger partial charge < -0.3 is 10.2 Å². The summed E-state index contributed by atoms with van der Waals surface area (Å²) >= 11 is 0. The lowest BCUT2D eigenvalue weighted by Gasteiger charge is -2.32. The lowest BCUT2D eigenvalue weighted by Crippen LogP contribution is -2.41. The minimum absolute atomic E-state index is 0.0106. The number of anilines is 2. The van der Waals surface area contributed by atoms with Crippen molar-refractivity contribution in [3.63, 3.8) is 0 Å². The molecule has 29 heavy (non-hydrogen) atoms. The molecule has 1 N–H and O–H groups in total. The number of piperidine rings is 1. The summed E-state index contributed by atoms with van der Waals surface area (Å²) < 4.78 is 1.66. The van der Waals surface area contributed by atoms with E-state index in [1.807, 2.05) is 18.3 Å². The van der Waals surface area contributed by atoms with E-state index in [1.54, 1.807) is 10.9 Å². The number of hydrogen-bond acceptors (Lipinski definition) is 7. The van der Waals surface area contributed by atoms with Crippen LogP contribution in [0.4, 0.5) is 17.2 Å². The molecule has 2 aromatic heterocycles. The predicted octanol–water partition coefficient (Wildman–Crippen LogP) is 2.43. The lowest BCUT2D eigenvalue weighted by molar-refractivity contribution is -0.384. The Morgan fingerprint density at radius 2 is 2.00 bits per heavy atom. The molecule has 3 aromatic rings. The summed E-state index contributed by atoms with van der Waals surface area (Å²) in [6.45, 7) is 1.34. The molecule has 0 spiro atoms. The van der Waals surface area contributed by atoms with Crippen LogP contribution < -0.4 is 10.2 Å². The fourth-order valence-electron chi connectivity index (χ4n) is 3.35. The normalized spacial score (nSPS) is 16.4. The van der Waals surface area contributed by atoms with Gasteiger partial charge in [-0.25, -0.2) is 14.6 Å². The Balaban J connectivity index is 1.43. The van der Waals surface area contributed by atoms with Gasteiger partial charge in [0.1, 0.15) is 12.1 Å². The maximum absolute atomic E-state index is 12.7. The molecule has 4 rings (SSSR count). The molecular formula is C19H19N7O3. The summed E-state index contributed by atoms with van der Waals surface area (Å²) in [5.41, 5.74) is 0.532. The van der Waals surface area contributed by atoms with Crippen molar-refractivity contribution in [2.75, 3.05) is 23.3 Å². The van der Waals surface area contributed by atoms with Gasteiger partial charge in [0.2, 0.25) is 5.91 Å². The highest BCUT2D eigenvalue weighted by Gasteiger charge is 2.27. The van der Waals surface area contributed by atoms with Crippen molar-refractivity contribution < 1.29 is 9.72 Å². The van der Waals surface area contributed by atoms with Gasteiger partial charge in [-0.3, -0.25) is 14.9 Å². The predicted molar refractivity (Wildman–Crippen MR) is 106 cm³/mol. The zero-order chi connectivity index (χ0) is 20.2. The van der Waals surface area contributed by atoms with Gasteiger partial charge in [0.25, 0.3) is 5.69 Å². The Bertz CT molecular complexity index is 1000. The van der Waals surface area contributed by atoms with Crippen LogP contribution in [-0.2, 0) is 4.79 Å². The number of non-ortho nitro benzene ring substituents is 1. The van der Waals surface area contributed by atoms with E-state index in [1.165, 1.54) is 30.6 Å². The highest BCUT2D eigenvalue weighted by atomic mass is 16.6. The Hall–Kier alpha value is -3.82. The SMILES string of the molecule is O=C(Nc1ccc([N+](=O)[O-])cc1)C1CCCN(c2cc(-n3cccn3)ncn2)C1. The van der Waals surface area contributed by atoms with Gasteiger partial charge in [-0.1, -0.05) is 0 Å². The van der Waals surface area contributed by atoms with Crippen molar-refractivity contribution in [2.45, 2.75) is 12.8 Å². The van der Waals surface area contributed by atoms with Gasteiger partial charge in [-0.15, -0.1) is 0 Å². The van der Waals surface area contributed by atoms with E-state index in [0.717, 1.165) is 25.2 Å². The fraction of sp³-hybridized carbons (Fsp3) is 0.263. The number of nitrogens with zero attached hydrogens (tertiary/aromatic N) is 6. The average Bonchev–Trinajstić information content (AvgIpc) is 3.29. The molecule has 1 aliphatic heterocycles. The van der Waals surface area contributed by atoms with Gasteiger partial charge in [-0.2, -0.15) is 5.10 Å². The summed E-state index contributed by atoms with van der Waals surface area (Å²) in [6.07, 6.45) is 6.61. The molecule has 1 aromatic carbocycles. The average molecular weight is 393 g/mol. The van der Waals surface area contributed by atoms with Crippen LogP contribution >= 0.6 is 0 Å². The number of benzene rings is 1. The quantitative estimate of drug-likeness (QED) is 0.522. The largest absolute Gasteiger partial charge is 0.356 e. The van der Waals surface area contributed by atoms with Crippen molar-refractivity contribution in [2.24, 2.45) is 5.92 Å².